The summed E-state index contributed by atoms with van der Waals surface area (Å²) >= 11 is 0. The third kappa shape index (κ3) is 5.21. The molecule has 1 saturated heterocycles. The van der Waals surface area contributed by atoms with Crippen molar-refractivity contribution in [2.75, 3.05) is 26.2 Å². The summed E-state index contributed by atoms with van der Waals surface area (Å²) in [7, 11) is 0. The number of rotatable bonds is 7. The number of benzene rings is 1. The van der Waals surface area contributed by atoms with Gasteiger partial charge in [-0.1, -0.05) is 12.1 Å². The van der Waals surface area contributed by atoms with Gasteiger partial charge >= 0.3 is 0 Å². The highest BCUT2D eigenvalue weighted by atomic mass is 19.1. The fourth-order valence-corrected chi connectivity index (χ4v) is 2.62. The molecule has 2 rings (SSSR count). The summed E-state index contributed by atoms with van der Waals surface area (Å²) in [6.07, 6.45) is -1.07. The number of nitrogens with two attached hydrogens (primary N) is 1. The van der Waals surface area contributed by atoms with Crippen LogP contribution in [0.15, 0.2) is 24.3 Å². The molecule has 7 heteroatoms. The molecule has 3 N–H and O–H groups in total. The average Bonchev–Trinajstić information content (AvgIpc) is 2.84. The third-order valence-electron chi connectivity index (χ3n) is 3.71. The van der Waals surface area contributed by atoms with Gasteiger partial charge in [-0.3, -0.25) is 14.5 Å². The van der Waals surface area contributed by atoms with Crippen LogP contribution in [0.4, 0.5) is 4.39 Å². The summed E-state index contributed by atoms with van der Waals surface area (Å²) in [5.41, 5.74) is 6.32. The molecule has 0 bridgehead atoms. The lowest BCUT2D eigenvalue weighted by Crippen LogP contribution is -2.45. The zero-order valence-corrected chi connectivity index (χ0v) is 13.1. The van der Waals surface area contributed by atoms with E-state index in [-0.39, 0.29) is 25.4 Å². The number of halogens is 1. The van der Waals surface area contributed by atoms with E-state index >= 15 is 0 Å². The number of nitrogens with one attached hydrogen (secondary N) is 1. The van der Waals surface area contributed by atoms with Gasteiger partial charge in [0, 0.05) is 13.0 Å². The van der Waals surface area contributed by atoms with Crippen molar-refractivity contribution in [1.82, 2.24) is 10.2 Å². The highest BCUT2D eigenvalue weighted by Crippen LogP contribution is 2.19. The van der Waals surface area contributed by atoms with Crippen molar-refractivity contribution < 1.29 is 18.7 Å². The van der Waals surface area contributed by atoms with E-state index in [2.05, 4.69) is 5.32 Å². The molecule has 0 unspecified atom stereocenters. The molecule has 1 heterocycles. The number of aryl methyl sites for hydroxylation is 1. The quantitative estimate of drug-likeness (QED) is 0.711. The topological polar surface area (TPSA) is 84.7 Å². The monoisotopic (exact) mass is 323 g/mol. The van der Waals surface area contributed by atoms with Crippen LogP contribution in [0.2, 0.25) is 0 Å². The van der Waals surface area contributed by atoms with Crippen molar-refractivity contribution in [3.63, 3.8) is 0 Å². The summed E-state index contributed by atoms with van der Waals surface area (Å²) in [5, 5.41) is 2.69. The molecule has 1 aliphatic heterocycles. The maximum absolute atomic E-state index is 13.4. The van der Waals surface area contributed by atoms with Gasteiger partial charge in [-0.25, -0.2) is 4.39 Å². The molecule has 0 radical (unpaired) electrons. The molecule has 2 amide bonds. The Kier molecular flexibility index (Phi) is 5.92. The molecule has 2 atom stereocenters. The van der Waals surface area contributed by atoms with Crippen LogP contribution in [-0.2, 0) is 9.59 Å². The Labute approximate surface area is 134 Å². The van der Waals surface area contributed by atoms with Crippen LogP contribution in [0, 0.1) is 6.92 Å². The Morgan fingerprint density at radius 1 is 1.48 bits per heavy atom. The molecule has 1 fully saturated rings. The number of nitrogens with zero attached hydrogens (tertiary/aromatic N) is 1. The molecule has 1 aromatic rings. The fourth-order valence-electron chi connectivity index (χ4n) is 2.62. The van der Waals surface area contributed by atoms with Crippen LogP contribution in [0.5, 0.6) is 5.75 Å². The zero-order valence-electron chi connectivity index (χ0n) is 13.1. The highest BCUT2D eigenvalue weighted by Gasteiger charge is 2.36. The maximum atomic E-state index is 13.4. The van der Waals surface area contributed by atoms with Crippen LogP contribution >= 0.6 is 0 Å². The molecule has 0 spiro atoms. The van der Waals surface area contributed by atoms with Crippen LogP contribution in [0.1, 0.15) is 12.0 Å². The smallest absolute Gasteiger partial charge is 0.234 e. The van der Waals surface area contributed by atoms with Crippen molar-refractivity contribution in [3.05, 3.63) is 29.8 Å². The second kappa shape index (κ2) is 7.92. The van der Waals surface area contributed by atoms with E-state index in [1.165, 1.54) is 4.90 Å². The second-order valence-corrected chi connectivity index (χ2v) is 5.70. The minimum atomic E-state index is -1.12. The van der Waals surface area contributed by atoms with Gasteiger partial charge in [-0.05, 0) is 24.6 Å². The van der Waals surface area contributed by atoms with Gasteiger partial charge in [0.1, 0.15) is 18.5 Å². The van der Waals surface area contributed by atoms with Gasteiger partial charge in [0.25, 0.3) is 0 Å². The minimum Gasteiger partial charge on any atom is -0.492 e. The Morgan fingerprint density at radius 3 is 2.96 bits per heavy atom. The maximum Gasteiger partial charge on any atom is 0.234 e. The predicted octanol–water partition coefficient (Wildman–Crippen LogP) is 0.388. The summed E-state index contributed by atoms with van der Waals surface area (Å²) in [4.78, 5) is 24.6. The largest absolute Gasteiger partial charge is 0.492 e. The number of amides is 2. The van der Waals surface area contributed by atoms with Crippen molar-refractivity contribution >= 4 is 11.8 Å². The van der Waals surface area contributed by atoms with Crippen LogP contribution < -0.4 is 15.8 Å². The van der Waals surface area contributed by atoms with Gasteiger partial charge in [-0.2, -0.15) is 0 Å². The fraction of sp³-hybridized carbons (Fsp3) is 0.500. The van der Waals surface area contributed by atoms with E-state index in [0.717, 1.165) is 11.3 Å². The summed E-state index contributed by atoms with van der Waals surface area (Å²) in [6.45, 7) is 2.65. The average molecular weight is 323 g/mol. The highest BCUT2D eigenvalue weighted by molar-refractivity contribution is 5.82. The Hall–Kier alpha value is -2.15. The molecular formula is C16H22FN3O3. The predicted molar refractivity (Wildman–Crippen MR) is 83.8 cm³/mol. The molecule has 0 aliphatic carbocycles. The minimum absolute atomic E-state index is 0.0432. The van der Waals surface area contributed by atoms with Crippen LogP contribution in [0.3, 0.4) is 0 Å². The third-order valence-corrected chi connectivity index (χ3v) is 3.71. The van der Waals surface area contributed by atoms with E-state index < -0.39 is 18.1 Å². The number of hydrogen-bond donors (Lipinski definition) is 2. The molecule has 1 aliphatic rings. The van der Waals surface area contributed by atoms with Gasteiger partial charge in [0.15, 0.2) is 0 Å². The lowest BCUT2D eigenvalue weighted by molar-refractivity contribution is -0.125. The summed E-state index contributed by atoms with van der Waals surface area (Å²) in [5.74, 6) is -0.133. The van der Waals surface area contributed by atoms with Crippen LogP contribution in [-0.4, -0.2) is 55.2 Å². The van der Waals surface area contributed by atoms with Gasteiger partial charge in [0.2, 0.25) is 11.8 Å². The SMILES string of the molecule is Cc1cccc(OCCNC(=O)CN2C[C@H](F)C[C@H]2C(N)=O)c1. The van der Waals surface area contributed by atoms with E-state index in [4.69, 9.17) is 10.5 Å². The normalized spacial score (nSPS) is 21.1. The number of carbonyl (C=O) groups is 2. The Balaban J connectivity index is 1.70. The van der Waals surface area contributed by atoms with Crippen molar-refractivity contribution in [1.29, 1.82) is 0 Å². The number of alkyl halides is 1. The number of carbonyl (C=O) groups excluding carboxylic acids is 2. The lowest BCUT2D eigenvalue weighted by Gasteiger charge is -2.20. The van der Waals surface area contributed by atoms with Crippen molar-refractivity contribution in [3.8, 4) is 5.75 Å². The first-order valence-corrected chi connectivity index (χ1v) is 7.59. The van der Waals surface area contributed by atoms with E-state index in [9.17, 15) is 14.0 Å². The van der Waals surface area contributed by atoms with Gasteiger partial charge in [0.05, 0.1) is 19.1 Å². The Bertz CT molecular complexity index is 567. The van der Waals surface area contributed by atoms with Crippen molar-refractivity contribution in [2.24, 2.45) is 5.73 Å². The number of hydrogen-bond acceptors (Lipinski definition) is 4. The standard InChI is InChI=1S/C16H22FN3O3/c1-11-3-2-4-13(7-11)23-6-5-19-15(21)10-20-9-12(17)8-14(20)16(18)22/h2-4,7,12,14H,5-6,8-10H2,1H3,(H2,18,22)(H,19,21)/t12-,14+/m1/s1. The molecule has 1 aromatic carbocycles. The number of likely N-dealkylation sites (tertiary alicyclic amines) is 1. The number of primary amides is 1. The summed E-state index contributed by atoms with van der Waals surface area (Å²) in [6, 6.07) is 6.91. The van der Waals surface area contributed by atoms with E-state index in [0.29, 0.717) is 13.2 Å². The van der Waals surface area contributed by atoms with Gasteiger partial charge < -0.3 is 15.8 Å². The van der Waals surface area contributed by atoms with Crippen LogP contribution in [0.25, 0.3) is 0 Å². The molecule has 23 heavy (non-hydrogen) atoms. The zero-order chi connectivity index (χ0) is 16.8. The first kappa shape index (κ1) is 17.2. The molecular weight excluding hydrogens is 301 g/mol. The molecule has 126 valence electrons. The van der Waals surface area contributed by atoms with E-state index in [1.807, 2.05) is 31.2 Å². The molecule has 0 saturated carbocycles. The Morgan fingerprint density at radius 2 is 2.26 bits per heavy atom. The summed E-state index contributed by atoms with van der Waals surface area (Å²) < 4.78 is 18.9. The first-order chi connectivity index (χ1) is 11.0. The van der Waals surface area contributed by atoms with Crippen molar-refractivity contribution in [2.45, 2.75) is 25.6 Å². The number of ether oxygens (including phenoxy) is 1. The molecule has 6 nitrogen and oxygen atoms in total. The van der Waals surface area contributed by atoms with Gasteiger partial charge in [-0.15, -0.1) is 0 Å². The van der Waals surface area contributed by atoms with E-state index in [1.54, 1.807) is 0 Å². The first-order valence-electron chi connectivity index (χ1n) is 7.59. The second-order valence-electron chi connectivity index (χ2n) is 5.70. The molecule has 0 aromatic heterocycles. The lowest BCUT2D eigenvalue weighted by atomic mass is 10.2.